The molecule has 0 atom stereocenters. The Labute approximate surface area is 136 Å². The lowest BCUT2D eigenvalue weighted by molar-refractivity contribution is 0.309. The van der Waals surface area contributed by atoms with Gasteiger partial charge in [0.1, 0.15) is 5.75 Å². The van der Waals surface area contributed by atoms with Crippen LogP contribution in [0.1, 0.15) is 24.0 Å². The van der Waals surface area contributed by atoms with E-state index in [9.17, 15) is 0 Å². The average Bonchev–Trinajstić information content (AvgIpc) is 2.51. The number of rotatable bonds is 7. The van der Waals surface area contributed by atoms with Crippen molar-refractivity contribution in [2.24, 2.45) is 0 Å². The summed E-state index contributed by atoms with van der Waals surface area (Å²) in [5.41, 5.74) is 2.21. The summed E-state index contributed by atoms with van der Waals surface area (Å²) in [4.78, 5) is 0. The fraction of sp³-hybridized carbons (Fsp3) is 0.222. The van der Waals surface area contributed by atoms with E-state index in [0.717, 1.165) is 34.7 Å². The minimum atomic E-state index is 0.691. The quantitative estimate of drug-likeness (QED) is 0.350. The van der Waals surface area contributed by atoms with Gasteiger partial charge in [0.2, 0.25) is 0 Å². The van der Waals surface area contributed by atoms with Crippen molar-refractivity contribution in [1.82, 2.24) is 0 Å². The van der Waals surface area contributed by atoms with Gasteiger partial charge in [-0.3, -0.25) is 0 Å². The lowest BCUT2D eigenvalue weighted by Crippen LogP contribution is -1.97. The van der Waals surface area contributed by atoms with Crippen LogP contribution in [-0.2, 0) is 0 Å². The zero-order valence-electron chi connectivity index (χ0n) is 11.8. The Morgan fingerprint density at radius 2 is 1.67 bits per heavy atom. The standard InChI is InChI=1S/C18H18Cl2O/c19-12-1-2-13-21-18-10-8-15(9-11-18)6-7-16-4-3-5-17(20)14-16/h3-11,14H,1-2,12-13H2. The summed E-state index contributed by atoms with van der Waals surface area (Å²) in [5, 5.41) is 0.748. The molecule has 0 fully saturated rings. The molecule has 0 N–H and O–H groups in total. The summed E-state index contributed by atoms with van der Waals surface area (Å²) in [5.74, 6) is 1.58. The second-order valence-corrected chi connectivity index (χ2v) is 5.52. The molecule has 0 aromatic heterocycles. The van der Waals surface area contributed by atoms with E-state index >= 15 is 0 Å². The predicted molar refractivity (Wildman–Crippen MR) is 92.3 cm³/mol. The lowest BCUT2D eigenvalue weighted by atomic mass is 10.1. The van der Waals surface area contributed by atoms with Gasteiger partial charge in [-0.05, 0) is 48.2 Å². The molecule has 0 saturated heterocycles. The van der Waals surface area contributed by atoms with Crippen LogP contribution >= 0.6 is 23.2 Å². The summed E-state index contributed by atoms with van der Waals surface area (Å²) in [6.07, 6.45) is 6.08. The van der Waals surface area contributed by atoms with E-state index in [4.69, 9.17) is 27.9 Å². The van der Waals surface area contributed by atoms with Crippen LogP contribution < -0.4 is 4.74 Å². The van der Waals surface area contributed by atoms with Crippen LogP contribution in [0.3, 0.4) is 0 Å². The van der Waals surface area contributed by atoms with E-state index in [2.05, 4.69) is 6.08 Å². The molecule has 21 heavy (non-hydrogen) atoms. The molecule has 0 aliphatic heterocycles. The Kier molecular flexibility index (Phi) is 6.65. The van der Waals surface area contributed by atoms with Crippen molar-refractivity contribution in [1.29, 1.82) is 0 Å². The Morgan fingerprint density at radius 3 is 2.38 bits per heavy atom. The molecule has 0 saturated carbocycles. The summed E-state index contributed by atoms with van der Waals surface area (Å²) < 4.78 is 5.64. The number of unbranched alkanes of at least 4 members (excludes halogenated alkanes) is 1. The minimum absolute atomic E-state index is 0.691. The number of hydrogen-bond acceptors (Lipinski definition) is 1. The van der Waals surface area contributed by atoms with Gasteiger partial charge in [-0.15, -0.1) is 11.6 Å². The number of halogens is 2. The minimum Gasteiger partial charge on any atom is -0.494 e. The SMILES string of the molecule is ClCCCCOc1ccc(C=Cc2cccc(Cl)c2)cc1. The Morgan fingerprint density at radius 1 is 0.905 bits per heavy atom. The highest BCUT2D eigenvalue weighted by atomic mass is 35.5. The summed E-state index contributed by atoms with van der Waals surface area (Å²) in [6, 6.07) is 15.8. The number of alkyl halides is 1. The zero-order valence-corrected chi connectivity index (χ0v) is 13.3. The van der Waals surface area contributed by atoms with Crippen molar-refractivity contribution in [3.63, 3.8) is 0 Å². The topological polar surface area (TPSA) is 9.23 Å². The van der Waals surface area contributed by atoms with Gasteiger partial charge in [0.05, 0.1) is 6.61 Å². The lowest BCUT2D eigenvalue weighted by Gasteiger charge is -2.05. The highest BCUT2D eigenvalue weighted by Crippen LogP contribution is 2.16. The van der Waals surface area contributed by atoms with Crippen LogP contribution in [0, 0.1) is 0 Å². The summed E-state index contributed by atoms with van der Waals surface area (Å²) in [6.45, 7) is 0.713. The molecule has 0 unspecified atom stereocenters. The smallest absolute Gasteiger partial charge is 0.119 e. The van der Waals surface area contributed by atoms with E-state index in [-0.39, 0.29) is 0 Å². The predicted octanol–water partition coefficient (Wildman–Crippen LogP) is 5.91. The van der Waals surface area contributed by atoms with E-state index in [1.807, 2.05) is 54.6 Å². The van der Waals surface area contributed by atoms with Gasteiger partial charge < -0.3 is 4.74 Å². The van der Waals surface area contributed by atoms with E-state index in [1.165, 1.54) is 0 Å². The van der Waals surface area contributed by atoms with Crippen molar-refractivity contribution < 1.29 is 4.74 Å². The van der Waals surface area contributed by atoms with Gasteiger partial charge in [0.15, 0.2) is 0 Å². The third-order valence-electron chi connectivity index (χ3n) is 2.99. The molecule has 3 heteroatoms. The van der Waals surface area contributed by atoms with Crippen molar-refractivity contribution in [2.75, 3.05) is 12.5 Å². The first-order chi connectivity index (χ1) is 10.3. The molecule has 0 bridgehead atoms. The first-order valence-electron chi connectivity index (χ1n) is 7.00. The van der Waals surface area contributed by atoms with Crippen molar-refractivity contribution >= 4 is 35.4 Å². The first kappa shape index (κ1) is 15.9. The second kappa shape index (κ2) is 8.76. The molecule has 110 valence electrons. The fourth-order valence-electron chi connectivity index (χ4n) is 1.86. The molecular weight excluding hydrogens is 303 g/mol. The number of benzene rings is 2. The van der Waals surface area contributed by atoms with Crippen LogP contribution in [0.5, 0.6) is 5.75 Å². The van der Waals surface area contributed by atoms with Crippen LogP contribution in [0.15, 0.2) is 48.5 Å². The Hall–Kier alpha value is -1.44. The Balaban J connectivity index is 1.90. The second-order valence-electron chi connectivity index (χ2n) is 4.70. The summed E-state index contributed by atoms with van der Waals surface area (Å²) >= 11 is 11.6. The normalized spacial score (nSPS) is 11.0. The molecule has 0 aliphatic carbocycles. The van der Waals surface area contributed by atoms with Crippen LogP contribution in [0.25, 0.3) is 12.2 Å². The average molecular weight is 321 g/mol. The van der Waals surface area contributed by atoms with Crippen LogP contribution in [0.4, 0.5) is 0 Å². The van der Waals surface area contributed by atoms with Crippen molar-refractivity contribution in [3.05, 3.63) is 64.7 Å². The van der Waals surface area contributed by atoms with Gasteiger partial charge in [0.25, 0.3) is 0 Å². The maximum absolute atomic E-state index is 5.96. The molecule has 0 heterocycles. The van der Waals surface area contributed by atoms with Crippen LogP contribution in [0.2, 0.25) is 5.02 Å². The number of hydrogen-bond donors (Lipinski definition) is 0. The van der Waals surface area contributed by atoms with E-state index in [0.29, 0.717) is 12.5 Å². The first-order valence-corrected chi connectivity index (χ1v) is 7.91. The van der Waals surface area contributed by atoms with Crippen molar-refractivity contribution in [3.8, 4) is 5.75 Å². The maximum Gasteiger partial charge on any atom is 0.119 e. The molecule has 0 spiro atoms. The molecule has 2 rings (SSSR count). The molecule has 1 nitrogen and oxygen atoms in total. The largest absolute Gasteiger partial charge is 0.494 e. The highest BCUT2D eigenvalue weighted by molar-refractivity contribution is 6.30. The monoisotopic (exact) mass is 320 g/mol. The third kappa shape index (κ3) is 5.82. The van der Waals surface area contributed by atoms with Gasteiger partial charge in [0, 0.05) is 10.9 Å². The molecule has 0 aliphatic rings. The van der Waals surface area contributed by atoms with Gasteiger partial charge in [-0.25, -0.2) is 0 Å². The molecular formula is C18H18Cl2O. The molecule has 2 aromatic carbocycles. The van der Waals surface area contributed by atoms with E-state index in [1.54, 1.807) is 0 Å². The fourth-order valence-corrected chi connectivity index (χ4v) is 2.25. The van der Waals surface area contributed by atoms with Crippen molar-refractivity contribution in [2.45, 2.75) is 12.8 Å². The third-order valence-corrected chi connectivity index (χ3v) is 3.50. The zero-order chi connectivity index (χ0) is 14.9. The van der Waals surface area contributed by atoms with Gasteiger partial charge in [-0.1, -0.05) is 48.0 Å². The van der Waals surface area contributed by atoms with Gasteiger partial charge >= 0.3 is 0 Å². The van der Waals surface area contributed by atoms with Gasteiger partial charge in [-0.2, -0.15) is 0 Å². The summed E-state index contributed by atoms with van der Waals surface area (Å²) in [7, 11) is 0. The number of ether oxygens (including phenoxy) is 1. The maximum atomic E-state index is 5.96. The molecule has 0 radical (unpaired) electrons. The highest BCUT2D eigenvalue weighted by Gasteiger charge is 1.94. The Bertz CT molecular complexity index is 576. The van der Waals surface area contributed by atoms with E-state index < -0.39 is 0 Å². The molecule has 2 aromatic rings. The van der Waals surface area contributed by atoms with Crippen LogP contribution in [-0.4, -0.2) is 12.5 Å². The molecule has 0 amide bonds.